The van der Waals surface area contributed by atoms with Crippen LogP contribution in [-0.2, 0) is 6.42 Å². The zero-order chi connectivity index (χ0) is 9.26. The maximum absolute atomic E-state index is 4.44. The first-order chi connectivity index (χ1) is 6.33. The van der Waals surface area contributed by atoms with Gasteiger partial charge in [-0.3, -0.25) is 4.98 Å². The van der Waals surface area contributed by atoms with Gasteiger partial charge in [0.05, 0.1) is 21.4 Å². The van der Waals surface area contributed by atoms with Crippen LogP contribution in [-0.4, -0.2) is 9.97 Å². The summed E-state index contributed by atoms with van der Waals surface area (Å²) in [5, 5.41) is 0. The molecule has 0 spiro atoms. The molecule has 0 amide bonds. The van der Waals surface area contributed by atoms with Gasteiger partial charge in [-0.05, 0) is 18.9 Å². The van der Waals surface area contributed by atoms with Crippen LogP contribution in [0.3, 0.4) is 0 Å². The van der Waals surface area contributed by atoms with Crippen LogP contribution >= 0.6 is 11.3 Å². The molecular formula is C10H12N2S. The lowest BCUT2D eigenvalue weighted by Crippen LogP contribution is -1.90. The van der Waals surface area contributed by atoms with Gasteiger partial charge in [0.1, 0.15) is 0 Å². The van der Waals surface area contributed by atoms with Crippen molar-refractivity contribution in [2.45, 2.75) is 26.7 Å². The fourth-order valence-electron chi connectivity index (χ4n) is 1.44. The van der Waals surface area contributed by atoms with E-state index in [0.29, 0.717) is 0 Å². The molecular weight excluding hydrogens is 180 g/mol. The van der Waals surface area contributed by atoms with E-state index in [0.717, 1.165) is 18.4 Å². The molecule has 0 aromatic carbocycles. The number of aryl methyl sites for hydroxylation is 2. The summed E-state index contributed by atoms with van der Waals surface area (Å²) in [7, 11) is 0. The molecule has 68 valence electrons. The lowest BCUT2D eigenvalue weighted by atomic mass is 10.2. The molecule has 2 heterocycles. The minimum atomic E-state index is 1.05. The van der Waals surface area contributed by atoms with E-state index in [1.165, 1.54) is 16.0 Å². The van der Waals surface area contributed by atoms with Crippen LogP contribution in [0.15, 0.2) is 11.7 Å². The van der Waals surface area contributed by atoms with Gasteiger partial charge in [-0.2, -0.15) is 0 Å². The Morgan fingerprint density at radius 3 is 3.00 bits per heavy atom. The van der Waals surface area contributed by atoms with Crippen molar-refractivity contribution in [2.75, 3.05) is 0 Å². The number of rotatable bonds is 2. The highest BCUT2D eigenvalue weighted by molar-refractivity contribution is 7.16. The molecule has 0 radical (unpaired) electrons. The van der Waals surface area contributed by atoms with Crippen molar-refractivity contribution >= 4 is 21.6 Å². The molecule has 0 aliphatic heterocycles. The molecule has 0 N–H and O–H groups in total. The van der Waals surface area contributed by atoms with Crippen LogP contribution < -0.4 is 0 Å². The summed E-state index contributed by atoms with van der Waals surface area (Å²) < 4.78 is 1.27. The Morgan fingerprint density at radius 1 is 1.38 bits per heavy atom. The van der Waals surface area contributed by atoms with Gasteiger partial charge in [0.25, 0.3) is 0 Å². The summed E-state index contributed by atoms with van der Waals surface area (Å²) in [5.41, 5.74) is 5.41. The maximum Gasteiger partial charge on any atom is 0.0875 e. The van der Waals surface area contributed by atoms with Gasteiger partial charge in [0, 0.05) is 6.20 Å². The summed E-state index contributed by atoms with van der Waals surface area (Å²) in [6.07, 6.45) is 4.12. The van der Waals surface area contributed by atoms with Crippen molar-refractivity contribution in [3.8, 4) is 0 Å². The van der Waals surface area contributed by atoms with E-state index < -0.39 is 0 Å². The number of pyridine rings is 1. The highest BCUT2D eigenvalue weighted by Gasteiger charge is 2.06. The fourth-order valence-corrected chi connectivity index (χ4v) is 2.32. The van der Waals surface area contributed by atoms with E-state index in [1.807, 2.05) is 11.7 Å². The van der Waals surface area contributed by atoms with Crippen LogP contribution in [0.25, 0.3) is 10.2 Å². The number of nitrogens with zero attached hydrogens (tertiary/aromatic N) is 2. The molecule has 2 nitrogen and oxygen atoms in total. The van der Waals surface area contributed by atoms with Gasteiger partial charge in [-0.15, -0.1) is 11.3 Å². The van der Waals surface area contributed by atoms with Crippen LogP contribution in [0.5, 0.6) is 0 Å². The van der Waals surface area contributed by atoms with E-state index in [2.05, 4.69) is 23.8 Å². The fraction of sp³-hybridized carbons (Fsp3) is 0.400. The maximum atomic E-state index is 4.44. The van der Waals surface area contributed by atoms with E-state index in [-0.39, 0.29) is 0 Å². The molecule has 0 aliphatic rings. The first kappa shape index (κ1) is 8.63. The summed E-state index contributed by atoms with van der Waals surface area (Å²) in [4.78, 5) is 8.78. The predicted octanol–water partition coefficient (Wildman–Crippen LogP) is 2.95. The van der Waals surface area contributed by atoms with Gasteiger partial charge in [-0.25, -0.2) is 4.98 Å². The summed E-state index contributed by atoms with van der Waals surface area (Å²) in [5.74, 6) is 0. The quantitative estimate of drug-likeness (QED) is 0.731. The molecule has 0 unspecified atom stereocenters. The smallest absolute Gasteiger partial charge is 0.0875 e. The second-order valence-corrected chi connectivity index (χ2v) is 4.02. The lowest BCUT2D eigenvalue weighted by molar-refractivity contribution is 0.893. The number of fused-ring (bicyclic) bond motifs is 1. The zero-order valence-corrected chi connectivity index (χ0v) is 8.69. The highest BCUT2D eigenvalue weighted by Crippen LogP contribution is 2.24. The first-order valence-electron chi connectivity index (χ1n) is 4.50. The van der Waals surface area contributed by atoms with Crippen LogP contribution in [0.1, 0.15) is 24.6 Å². The predicted molar refractivity (Wildman–Crippen MR) is 56.1 cm³/mol. The SMILES string of the molecule is CCCc1ncc(C)c2ncsc12. The molecule has 0 fully saturated rings. The van der Waals surface area contributed by atoms with E-state index in [4.69, 9.17) is 0 Å². The van der Waals surface area contributed by atoms with Crippen molar-refractivity contribution in [3.63, 3.8) is 0 Å². The van der Waals surface area contributed by atoms with Crippen LogP contribution in [0.2, 0.25) is 0 Å². The molecule has 0 aliphatic carbocycles. The van der Waals surface area contributed by atoms with E-state index >= 15 is 0 Å². The minimum Gasteiger partial charge on any atom is -0.259 e. The molecule has 2 aromatic heterocycles. The third-order valence-electron chi connectivity index (χ3n) is 2.10. The summed E-state index contributed by atoms with van der Waals surface area (Å²) >= 11 is 1.69. The van der Waals surface area contributed by atoms with Crippen LogP contribution in [0, 0.1) is 6.92 Å². The van der Waals surface area contributed by atoms with E-state index in [9.17, 15) is 0 Å². The summed E-state index contributed by atoms with van der Waals surface area (Å²) in [6, 6.07) is 0. The Bertz CT molecular complexity index is 420. The minimum absolute atomic E-state index is 1.05. The molecule has 2 aromatic rings. The Labute approximate surface area is 81.7 Å². The first-order valence-corrected chi connectivity index (χ1v) is 5.38. The average molecular weight is 192 g/mol. The monoisotopic (exact) mass is 192 g/mol. The van der Waals surface area contributed by atoms with Gasteiger partial charge in [0.15, 0.2) is 0 Å². The Morgan fingerprint density at radius 2 is 2.23 bits per heavy atom. The van der Waals surface area contributed by atoms with Gasteiger partial charge >= 0.3 is 0 Å². The van der Waals surface area contributed by atoms with Gasteiger partial charge in [0.2, 0.25) is 0 Å². The molecule has 13 heavy (non-hydrogen) atoms. The van der Waals surface area contributed by atoms with Gasteiger partial charge < -0.3 is 0 Å². The van der Waals surface area contributed by atoms with Crippen molar-refractivity contribution < 1.29 is 0 Å². The molecule has 0 saturated heterocycles. The highest BCUT2D eigenvalue weighted by atomic mass is 32.1. The second-order valence-electron chi connectivity index (χ2n) is 3.17. The third kappa shape index (κ3) is 1.44. The third-order valence-corrected chi connectivity index (χ3v) is 2.98. The molecule has 0 atom stereocenters. The summed E-state index contributed by atoms with van der Waals surface area (Å²) in [6.45, 7) is 4.24. The van der Waals surface area contributed by atoms with E-state index in [1.54, 1.807) is 11.3 Å². The molecule has 3 heteroatoms. The number of aromatic nitrogens is 2. The average Bonchev–Trinajstić information content (AvgIpc) is 2.59. The Balaban J connectivity index is 2.64. The van der Waals surface area contributed by atoms with Gasteiger partial charge in [-0.1, -0.05) is 13.3 Å². The number of hydrogen-bond acceptors (Lipinski definition) is 3. The Kier molecular flexibility index (Phi) is 2.27. The number of hydrogen-bond donors (Lipinski definition) is 0. The molecule has 0 bridgehead atoms. The second kappa shape index (κ2) is 3.42. The molecule has 2 rings (SSSR count). The van der Waals surface area contributed by atoms with Crippen LogP contribution in [0.4, 0.5) is 0 Å². The van der Waals surface area contributed by atoms with Crippen molar-refractivity contribution in [2.24, 2.45) is 0 Å². The lowest BCUT2D eigenvalue weighted by Gasteiger charge is -2.00. The molecule has 0 saturated carbocycles. The number of thiazole rings is 1. The largest absolute Gasteiger partial charge is 0.259 e. The zero-order valence-electron chi connectivity index (χ0n) is 7.87. The topological polar surface area (TPSA) is 25.8 Å². The Hall–Kier alpha value is -0.960. The van der Waals surface area contributed by atoms with Crippen molar-refractivity contribution in [1.29, 1.82) is 0 Å². The van der Waals surface area contributed by atoms with Crippen molar-refractivity contribution in [1.82, 2.24) is 9.97 Å². The normalized spacial score (nSPS) is 10.9. The standard InChI is InChI=1S/C10H12N2S/c1-3-4-8-10-9(12-6-13-10)7(2)5-11-8/h5-6H,3-4H2,1-2H3. The van der Waals surface area contributed by atoms with Crippen molar-refractivity contribution in [3.05, 3.63) is 23.0 Å².